The fourth-order valence-electron chi connectivity index (χ4n) is 2.75. The van der Waals surface area contributed by atoms with Gasteiger partial charge in [0.05, 0.1) is 11.6 Å². The third-order valence-corrected chi connectivity index (χ3v) is 3.83. The van der Waals surface area contributed by atoms with E-state index in [1.165, 1.54) is 24.0 Å². The number of halogens is 3. The topological polar surface area (TPSA) is 38.1 Å². The number of aromatic nitrogens is 2. The number of anilines is 1. The number of rotatable bonds is 1. The van der Waals surface area contributed by atoms with Gasteiger partial charge in [0.2, 0.25) is 0 Å². The van der Waals surface area contributed by atoms with Crippen LogP contribution in [0.4, 0.5) is 18.9 Å². The van der Waals surface area contributed by atoms with Crippen molar-refractivity contribution in [3.05, 3.63) is 47.3 Å². The van der Waals surface area contributed by atoms with Crippen molar-refractivity contribution in [3.8, 4) is 0 Å². The van der Waals surface area contributed by atoms with Crippen LogP contribution in [0.1, 0.15) is 34.6 Å². The molecule has 0 unspecified atom stereocenters. The molecule has 0 saturated heterocycles. The Hall–Kier alpha value is -2.31. The summed E-state index contributed by atoms with van der Waals surface area (Å²) in [4.78, 5) is 14.0. The Kier molecular flexibility index (Phi) is 3.23. The number of amides is 1. The first-order valence-corrected chi connectivity index (χ1v) is 6.82. The van der Waals surface area contributed by atoms with E-state index in [0.29, 0.717) is 17.9 Å². The molecule has 0 spiro atoms. The lowest BCUT2D eigenvalue weighted by Crippen LogP contribution is -2.42. The predicted molar refractivity (Wildman–Crippen MR) is 74.8 cm³/mol. The van der Waals surface area contributed by atoms with Gasteiger partial charge in [-0.2, -0.15) is 18.3 Å². The van der Waals surface area contributed by atoms with Gasteiger partial charge >= 0.3 is 6.18 Å². The summed E-state index contributed by atoms with van der Waals surface area (Å²) >= 11 is 0. The van der Waals surface area contributed by atoms with E-state index in [0.717, 1.165) is 6.07 Å². The summed E-state index contributed by atoms with van der Waals surface area (Å²) in [5.74, 6) is -0.255. The van der Waals surface area contributed by atoms with E-state index in [1.54, 1.807) is 16.9 Å². The van der Waals surface area contributed by atoms with E-state index in [4.69, 9.17) is 0 Å². The first-order valence-electron chi connectivity index (χ1n) is 6.82. The highest BCUT2D eigenvalue weighted by atomic mass is 19.4. The predicted octanol–water partition coefficient (Wildman–Crippen LogP) is 3.43. The molecule has 2 heterocycles. The van der Waals surface area contributed by atoms with Crippen LogP contribution in [-0.2, 0) is 6.18 Å². The maximum atomic E-state index is 12.8. The highest BCUT2D eigenvalue weighted by molar-refractivity contribution is 6.05. The number of benzene rings is 1. The molecule has 1 aromatic carbocycles. The van der Waals surface area contributed by atoms with Gasteiger partial charge in [0.1, 0.15) is 5.69 Å². The third kappa shape index (κ3) is 2.26. The number of carbonyl (C=O) groups is 1. The molecule has 1 amide bonds. The largest absolute Gasteiger partial charge is 0.416 e. The Labute approximate surface area is 125 Å². The minimum atomic E-state index is -4.39. The highest BCUT2D eigenvalue weighted by Crippen LogP contribution is 2.34. The van der Waals surface area contributed by atoms with Crippen LogP contribution < -0.4 is 4.90 Å². The fraction of sp³-hybridized carbons (Fsp3) is 0.333. The zero-order chi connectivity index (χ0) is 16.1. The number of fused-ring (bicyclic) bond motifs is 1. The molecular weight excluding hydrogens is 295 g/mol. The van der Waals surface area contributed by atoms with Crippen LogP contribution >= 0.6 is 0 Å². The van der Waals surface area contributed by atoms with E-state index in [9.17, 15) is 18.0 Å². The molecule has 2 aromatic rings. The normalized spacial score (nSPS) is 18.5. The maximum absolute atomic E-state index is 12.8. The van der Waals surface area contributed by atoms with Gasteiger partial charge in [0, 0.05) is 18.4 Å². The Morgan fingerprint density at radius 3 is 2.64 bits per heavy atom. The Morgan fingerprint density at radius 1 is 1.27 bits per heavy atom. The molecule has 0 radical (unpaired) electrons. The summed E-state index contributed by atoms with van der Waals surface area (Å²) in [5.41, 5.74) is 0.328. The van der Waals surface area contributed by atoms with Crippen molar-refractivity contribution in [1.82, 2.24) is 9.78 Å². The van der Waals surface area contributed by atoms with E-state index in [-0.39, 0.29) is 17.5 Å². The second-order valence-corrected chi connectivity index (χ2v) is 5.42. The first kappa shape index (κ1) is 14.6. The summed E-state index contributed by atoms with van der Waals surface area (Å²) in [5, 5.41) is 4.10. The molecule has 0 aliphatic carbocycles. The molecule has 0 fully saturated rings. The lowest BCUT2D eigenvalue weighted by molar-refractivity contribution is -0.138. The van der Waals surface area contributed by atoms with Crippen molar-refractivity contribution in [3.63, 3.8) is 0 Å². The van der Waals surface area contributed by atoms with Gasteiger partial charge in [0.25, 0.3) is 5.91 Å². The average Bonchev–Trinajstić information content (AvgIpc) is 2.91. The molecule has 0 N–H and O–H groups in total. The number of hydrogen-bond acceptors (Lipinski definition) is 2. The molecule has 1 aliphatic rings. The van der Waals surface area contributed by atoms with Crippen LogP contribution in [0.5, 0.6) is 0 Å². The molecular formula is C15H14F3N3O. The zero-order valence-electron chi connectivity index (χ0n) is 12.1. The van der Waals surface area contributed by atoms with Crippen molar-refractivity contribution >= 4 is 11.6 Å². The summed E-state index contributed by atoms with van der Waals surface area (Å²) in [6.07, 6.45) is -2.84. The lowest BCUT2D eigenvalue weighted by Gasteiger charge is -2.32. The quantitative estimate of drug-likeness (QED) is 0.809. The van der Waals surface area contributed by atoms with Crippen molar-refractivity contribution < 1.29 is 18.0 Å². The van der Waals surface area contributed by atoms with E-state index >= 15 is 0 Å². The van der Waals surface area contributed by atoms with Gasteiger partial charge in [-0.25, -0.2) is 0 Å². The van der Waals surface area contributed by atoms with Gasteiger partial charge in [0.15, 0.2) is 0 Å². The standard InChI is InChI=1S/C15H14F3N3O/c1-9-7-11(3-4-12(9)15(16,17)18)20-8-10(2)21-13(14(20)22)5-6-19-21/h3-7,10H,8H2,1-2H3/t10-/m0/s1. The average molecular weight is 309 g/mol. The van der Waals surface area contributed by atoms with Crippen molar-refractivity contribution in [2.24, 2.45) is 0 Å². The number of alkyl halides is 3. The minimum absolute atomic E-state index is 0.0368. The number of carbonyl (C=O) groups excluding carboxylic acids is 1. The van der Waals surface area contributed by atoms with Crippen LogP contribution in [-0.4, -0.2) is 22.2 Å². The van der Waals surface area contributed by atoms with Gasteiger partial charge in [-0.05, 0) is 43.7 Å². The summed E-state index contributed by atoms with van der Waals surface area (Å²) in [6.45, 7) is 3.68. The molecule has 7 heteroatoms. The SMILES string of the molecule is Cc1cc(N2C[C@H](C)n3nccc3C2=O)ccc1C(F)(F)F. The minimum Gasteiger partial charge on any atom is -0.305 e. The van der Waals surface area contributed by atoms with Crippen LogP contribution in [0.2, 0.25) is 0 Å². The Bertz CT molecular complexity index is 736. The third-order valence-electron chi connectivity index (χ3n) is 3.83. The van der Waals surface area contributed by atoms with E-state index < -0.39 is 11.7 Å². The molecule has 22 heavy (non-hydrogen) atoms. The highest BCUT2D eigenvalue weighted by Gasteiger charge is 2.34. The van der Waals surface area contributed by atoms with Crippen LogP contribution in [0, 0.1) is 6.92 Å². The molecule has 1 aliphatic heterocycles. The Morgan fingerprint density at radius 2 is 2.00 bits per heavy atom. The fourth-order valence-corrected chi connectivity index (χ4v) is 2.75. The number of nitrogens with zero attached hydrogens (tertiary/aromatic N) is 3. The van der Waals surface area contributed by atoms with Gasteiger partial charge < -0.3 is 4.90 Å². The number of hydrogen-bond donors (Lipinski definition) is 0. The molecule has 1 aromatic heterocycles. The molecule has 3 rings (SSSR count). The second kappa shape index (κ2) is 4.86. The van der Waals surface area contributed by atoms with Crippen molar-refractivity contribution in [1.29, 1.82) is 0 Å². The lowest BCUT2D eigenvalue weighted by atomic mass is 10.1. The summed E-state index contributed by atoms with van der Waals surface area (Å²) in [7, 11) is 0. The van der Waals surface area contributed by atoms with E-state index in [1.807, 2.05) is 6.92 Å². The molecule has 116 valence electrons. The van der Waals surface area contributed by atoms with Crippen LogP contribution in [0.25, 0.3) is 0 Å². The second-order valence-electron chi connectivity index (χ2n) is 5.42. The first-order chi connectivity index (χ1) is 10.3. The van der Waals surface area contributed by atoms with Gasteiger partial charge in [-0.3, -0.25) is 9.48 Å². The van der Waals surface area contributed by atoms with Gasteiger partial charge in [-0.15, -0.1) is 0 Å². The maximum Gasteiger partial charge on any atom is 0.416 e. The Balaban J connectivity index is 1.99. The monoisotopic (exact) mass is 309 g/mol. The van der Waals surface area contributed by atoms with Crippen LogP contribution in [0.15, 0.2) is 30.5 Å². The number of aryl methyl sites for hydroxylation is 1. The van der Waals surface area contributed by atoms with E-state index in [2.05, 4.69) is 5.10 Å². The van der Waals surface area contributed by atoms with Crippen LogP contribution in [0.3, 0.4) is 0 Å². The molecule has 0 saturated carbocycles. The smallest absolute Gasteiger partial charge is 0.305 e. The zero-order valence-corrected chi connectivity index (χ0v) is 12.1. The summed E-state index contributed by atoms with van der Waals surface area (Å²) < 4.78 is 40.1. The molecule has 0 bridgehead atoms. The van der Waals surface area contributed by atoms with Gasteiger partial charge in [-0.1, -0.05) is 0 Å². The summed E-state index contributed by atoms with van der Waals surface area (Å²) in [6, 6.07) is 5.34. The molecule has 1 atom stereocenters. The molecule has 4 nitrogen and oxygen atoms in total. The van der Waals surface area contributed by atoms with Crippen molar-refractivity contribution in [2.75, 3.05) is 11.4 Å². The van der Waals surface area contributed by atoms with Crippen molar-refractivity contribution in [2.45, 2.75) is 26.1 Å².